The zero-order valence-electron chi connectivity index (χ0n) is 15.5. The summed E-state index contributed by atoms with van der Waals surface area (Å²) in [6, 6.07) is 4.66. The van der Waals surface area contributed by atoms with E-state index in [-0.39, 0.29) is 31.1 Å². The van der Waals surface area contributed by atoms with Crippen LogP contribution in [0.2, 0.25) is 0 Å². The Morgan fingerprint density at radius 1 is 0.893 bits per heavy atom. The molecule has 2 N–H and O–H groups in total. The van der Waals surface area contributed by atoms with Gasteiger partial charge in [-0.2, -0.15) is 13.2 Å². The van der Waals surface area contributed by atoms with Crippen molar-refractivity contribution in [1.82, 2.24) is 5.32 Å². The number of carbonyl (C=O) groups is 3. The molecule has 0 saturated heterocycles. The van der Waals surface area contributed by atoms with E-state index in [9.17, 15) is 27.6 Å². The highest BCUT2D eigenvalue weighted by atomic mass is 19.4. The third-order valence-electron chi connectivity index (χ3n) is 3.30. The number of anilines is 1. The summed E-state index contributed by atoms with van der Waals surface area (Å²) in [6.07, 6.45) is -6.75. The molecule has 0 bridgehead atoms. The lowest BCUT2D eigenvalue weighted by Crippen LogP contribution is -2.69. The number of nitrogens with one attached hydrogen (secondary N) is 2. The summed E-state index contributed by atoms with van der Waals surface area (Å²) in [4.78, 5) is 35.5. The van der Waals surface area contributed by atoms with Crippen LogP contribution in [-0.4, -0.2) is 49.7 Å². The van der Waals surface area contributed by atoms with Crippen molar-refractivity contribution in [2.75, 3.05) is 25.1 Å². The van der Waals surface area contributed by atoms with Crippen molar-refractivity contribution in [2.24, 2.45) is 0 Å². The molecule has 0 aliphatic rings. The number of benzene rings is 1. The highest BCUT2D eigenvalue weighted by Crippen LogP contribution is 2.33. The predicted molar refractivity (Wildman–Crippen MR) is 91.6 cm³/mol. The van der Waals surface area contributed by atoms with Crippen LogP contribution in [-0.2, 0) is 19.0 Å². The van der Waals surface area contributed by atoms with Gasteiger partial charge < -0.3 is 19.5 Å². The summed E-state index contributed by atoms with van der Waals surface area (Å²) >= 11 is 0. The van der Waals surface area contributed by atoms with Crippen molar-refractivity contribution in [3.63, 3.8) is 0 Å². The first-order valence-corrected chi connectivity index (χ1v) is 8.35. The predicted octanol–water partition coefficient (Wildman–Crippen LogP) is 2.84. The minimum absolute atomic E-state index is 0.0968. The lowest BCUT2D eigenvalue weighted by molar-refractivity contribution is -0.205. The van der Waals surface area contributed by atoms with Crippen molar-refractivity contribution in [2.45, 2.75) is 32.6 Å². The van der Waals surface area contributed by atoms with Crippen LogP contribution in [0.1, 0.15) is 31.1 Å². The average Bonchev–Trinajstić information content (AvgIpc) is 2.61. The van der Waals surface area contributed by atoms with Crippen molar-refractivity contribution in [3.8, 4) is 0 Å². The molecule has 0 aliphatic heterocycles. The molecule has 0 heterocycles. The number of rotatable bonds is 8. The molecule has 0 radical (unpaired) electrons. The Morgan fingerprint density at radius 2 is 1.43 bits per heavy atom. The number of amides is 1. The summed E-state index contributed by atoms with van der Waals surface area (Å²) in [5.74, 6) is -2.43. The maximum Gasteiger partial charge on any atom is 0.442 e. The molecule has 1 amide bonds. The molecule has 0 fully saturated rings. The van der Waals surface area contributed by atoms with E-state index in [1.165, 1.54) is 31.3 Å². The highest BCUT2D eigenvalue weighted by Gasteiger charge is 2.64. The second-order valence-electron chi connectivity index (χ2n) is 5.24. The lowest BCUT2D eigenvalue weighted by Gasteiger charge is -2.34. The summed E-state index contributed by atoms with van der Waals surface area (Å²) in [7, 11) is 0. The van der Waals surface area contributed by atoms with Gasteiger partial charge in [0.05, 0.1) is 25.4 Å². The summed E-state index contributed by atoms with van der Waals surface area (Å²) in [6.45, 7) is 3.87. The molecule has 1 rings (SSSR count). The fourth-order valence-corrected chi connectivity index (χ4v) is 2.07. The Kier molecular flexibility index (Phi) is 8.08. The fraction of sp³-hybridized carbons (Fsp3) is 0.471. The Hall–Kier alpha value is -2.98. The molecular formula is C17H21F3N2O6. The van der Waals surface area contributed by atoms with Gasteiger partial charge in [0, 0.05) is 5.69 Å². The SMILES string of the molecule is CCOC(=O)N[C@](Nc1ccc(C(=O)OCC)cc1)(C(=O)OCC)C(F)(F)F. The first-order valence-electron chi connectivity index (χ1n) is 8.35. The molecule has 0 aromatic heterocycles. The van der Waals surface area contributed by atoms with Crippen LogP contribution in [0.5, 0.6) is 0 Å². The maximum absolute atomic E-state index is 13.8. The van der Waals surface area contributed by atoms with Crippen molar-refractivity contribution >= 4 is 23.7 Å². The van der Waals surface area contributed by atoms with E-state index >= 15 is 0 Å². The van der Waals surface area contributed by atoms with E-state index < -0.39 is 29.9 Å². The van der Waals surface area contributed by atoms with E-state index in [1.54, 1.807) is 6.92 Å². The molecule has 0 saturated carbocycles. The number of ether oxygens (including phenoxy) is 3. The molecule has 156 valence electrons. The van der Waals surface area contributed by atoms with Gasteiger partial charge in [-0.05, 0) is 45.0 Å². The molecule has 28 heavy (non-hydrogen) atoms. The molecule has 0 unspecified atom stereocenters. The van der Waals surface area contributed by atoms with Crippen LogP contribution in [0, 0.1) is 0 Å². The molecule has 1 atom stereocenters. The van der Waals surface area contributed by atoms with E-state index in [0.29, 0.717) is 0 Å². The number of halogens is 3. The molecule has 0 spiro atoms. The molecular weight excluding hydrogens is 385 g/mol. The first-order chi connectivity index (χ1) is 13.1. The van der Waals surface area contributed by atoms with Gasteiger partial charge in [0.15, 0.2) is 0 Å². The Bertz CT molecular complexity index is 693. The maximum atomic E-state index is 13.8. The number of hydrogen-bond acceptors (Lipinski definition) is 7. The number of hydrogen-bond donors (Lipinski definition) is 2. The molecule has 11 heteroatoms. The van der Waals surface area contributed by atoms with Gasteiger partial charge in [-0.25, -0.2) is 14.4 Å². The van der Waals surface area contributed by atoms with Gasteiger partial charge in [0.25, 0.3) is 0 Å². The second-order valence-corrected chi connectivity index (χ2v) is 5.24. The minimum Gasteiger partial charge on any atom is -0.463 e. The van der Waals surface area contributed by atoms with Gasteiger partial charge in [0.2, 0.25) is 0 Å². The lowest BCUT2D eigenvalue weighted by atomic mass is 10.1. The monoisotopic (exact) mass is 406 g/mol. The van der Waals surface area contributed by atoms with Gasteiger partial charge in [0.1, 0.15) is 0 Å². The first kappa shape index (κ1) is 23.1. The summed E-state index contributed by atoms with van der Waals surface area (Å²) in [5.41, 5.74) is -3.71. The number of alkyl halides is 3. The van der Waals surface area contributed by atoms with Gasteiger partial charge in [-0.1, -0.05) is 0 Å². The van der Waals surface area contributed by atoms with Gasteiger partial charge >= 0.3 is 29.9 Å². The van der Waals surface area contributed by atoms with E-state index in [0.717, 1.165) is 12.1 Å². The Morgan fingerprint density at radius 3 is 1.89 bits per heavy atom. The summed E-state index contributed by atoms with van der Waals surface area (Å²) < 4.78 is 55.3. The Labute approximate surface area is 159 Å². The van der Waals surface area contributed by atoms with Crippen LogP contribution in [0.15, 0.2) is 24.3 Å². The van der Waals surface area contributed by atoms with Crippen LogP contribution >= 0.6 is 0 Å². The molecule has 1 aromatic rings. The quantitative estimate of drug-likeness (QED) is 0.389. The fourth-order valence-electron chi connectivity index (χ4n) is 2.07. The van der Waals surface area contributed by atoms with E-state index in [1.807, 2.05) is 5.32 Å². The van der Waals surface area contributed by atoms with Crippen molar-refractivity contribution in [1.29, 1.82) is 0 Å². The standard InChI is InChI=1S/C17H21F3N2O6/c1-4-26-13(23)11-7-9-12(10-8-11)21-16(17(18,19)20,14(24)27-5-2)22-15(25)28-6-3/h7-10,21H,4-6H2,1-3H3,(H,22,25)/t16-/m1/s1. The second kappa shape index (κ2) is 9.81. The van der Waals surface area contributed by atoms with E-state index in [4.69, 9.17) is 4.74 Å². The average molecular weight is 406 g/mol. The number of alkyl carbamates (subject to hydrolysis) is 1. The molecule has 0 aliphatic carbocycles. The van der Waals surface area contributed by atoms with E-state index in [2.05, 4.69) is 9.47 Å². The third kappa shape index (κ3) is 5.51. The normalized spacial score (nSPS) is 13.1. The van der Waals surface area contributed by atoms with Crippen LogP contribution in [0.25, 0.3) is 0 Å². The van der Waals surface area contributed by atoms with Crippen molar-refractivity contribution < 1.29 is 41.8 Å². The zero-order valence-corrected chi connectivity index (χ0v) is 15.5. The smallest absolute Gasteiger partial charge is 0.442 e. The zero-order chi connectivity index (χ0) is 21.4. The van der Waals surface area contributed by atoms with Crippen LogP contribution in [0.4, 0.5) is 23.7 Å². The molecule has 1 aromatic carbocycles. The minimum atomic E-state index is -5.29. The Balaban J connectivity index is 3.28. The van der Waals surface area contributed by atoms with Crippen molar-refractivity contribution in [3.05, 3.63) is 29.8 Å². The van der Waals surface area contributed by atoms with Crippen LogP contribution in [0.3, 0.4) is 0 Å². The molecule has 8 nitrogen and oxygen atoms in total. The summed E-state index contributed by atoms with van der Waals surface area (Å²) in [5, 5.41) is 3.44. The van der Waals surface area contributed by atoms with Crippen LogP contribution < -0.4 is 10.6 Å². The topological polar surface area (TPSA) is 103 Å². The van der Waals surface area contributed by atoms with Gasteiger partial charge in [-0.3, -0.25) is 5.32 Å². The number of esters is 2. The number of carbonyl (C=O) groups excluding carboxylic acids is 3. The largest absolute Gasteiger partial charge is 0.463 e. The van der Waals surface area contributed by atoms with Gasteiger partial charge in [-0.15, -0.1) is 0 Å². The third-order valence-corrected chi connectivity index (χ3v) is 3.30. The highest BCUT2D eigenvalue weighted by molar-refractivity contribution is 5.91.